The number of rotatable bonds is 3. The van der Waals surface area contributed by atoms with Gasteiger partial charge in [-0.15, -0.1) is 5.10 Å². The first-order chi connectivity index (χ1) is 14.3. The Hall–Kier alpha value is -3.80. The van der Waals surface area contributed by atoms with Gasteiger partial charge in [0.25, 0.3) is 0 Å². The summed E-state index contributed by atoms with van der Waals surface area (Å²) < 4.78 is 15.9. The van der Waals surface area contributed by atoms with Crippen molar-refractivity contribution in [1.82, 2.24) is 15.0 Å². The SMILES string of the molecule is Fc1ccccc1-c1ccc2c(c1)NCCC(c1cccc(-n3ccnn3)c1)=N2. The first-order valence-electron chi connectivity index (χ1n) is 9.45. The third kappa shape index (κ3) is 3.40. The molecule has 4 aromatic rings. The molecule has 0 fully saturated rings. The van der Waals surface area contributed by atoms with Gasteiger partial charge < -0.3 is 5.32 Å². The first-order valence-corrected chi connectivity index (χ1v) is 9.45. The number of hydrogen-bond acceptors (Lipinski definition) is 4. The summed E-state index contributed by atoms with van der Waals surface area (Å²) in [5, 5.41) is 11.4. The zero-order valence-electron chi connectivity index (χ0n) is 15.6. The quantitative estimate of drug-likeness (QED) is 0.541. The van der Waals surface area contributed by atoms with Crippen LogP contribution in [0.25, 0.3) is 16.8 Å². The normalized spacial score (nSPS) is 13.2. The number of nitrogens with zero attached hydrogens (tertiary/aromatic N) is 4. The zero-order chi connectivity index (χ0) is 19.6. The Bertz CT molecular complexity index is 1200. The van der Waals surface area contributed by atoms with E-state index in [1.165, 1.54) is 6.07 Å². The van der Waals surface area contributed by atoms with E-state index in [1.807, 2.05) is 42.6 Å². The van der Waals surface area contributed by atoms with Crippen LogP contribution in [0.1, 0.15) is 12.0 Å². The van der Waals surface area contributed by atoms with Gasteiger partial charge >= 0.3 is 0 Å². The second-order valence-corrected chi connectivity index (χ2v) is 6.85. The summed E-state index contributed by atoms with van der Waals surface area (Å²) in [7, 11) is 0. The van der Waals surface area contributed by atoms with Crippen molar-refractivity contribution in [3.8, 4) is 16.8 Å². The number of benzene rings is 3. The van der Waals surface area contributed by atoms with Crippen LogP contribution >= 0.6 is 0 Å². The van der Waals surface area contributed by atoms with Gasteiger partial charge in [-0.25, -0.2) is 9.07 Å². The predicted molar refractivity (Wildman–Crippen MR) is 112 cm³/mol. The maximum atomic E-state index is 14.2. The van der Waals surface area contributed by atoms with Gasteiger partial charge in [0.1, 0.15) is 5.82 Å². The molecule has 0 aliphatic carbocycles. The van der Waals surface area contributed by atoms with Gasteiger partial charge in [0.15, 0.2) is 0 Å². The van der Waals surface area contributed by atoms with E-state index in [0.717, 1.165) is 46.9 Å². The van der Waals surface area contributed by atoms with Crippen molar-refractivity contribution in [1.29, 1.82) is 0 Å². The van der Waals surface area contributed by atoms with Crippen molar-refractivity contribution >= 4 is 17.1 Å². The second-order valence-electron chi connectivity index (χ2n) is 6.85. The van der Waals surface area contributed by atoms with Crippen molar-refractivity contribution in [3.05, 3.63) is 90.5 Å². The summed E-state index contributed by atoms with van der Waals surface area (Å²) in [6.07, 6.45) is 4.25. The average Bonchev–Trinajstić information content (AvgIpc) is 3.21. The number of aliphatic imine (C=N–C) groups is 1. The Morgan fingerprint density at radius 3 is 2.72 bits per heavy atom. The fourth-order valence-electron chi connectivity index (χ4n) is 3.54. The van der Waals surface area contributed by atoms with Crippen molar-refractivity contribution in [2.75, 3.05) is 11.9 Å². The highest BCUT2D eigenvalue weighted by atomic mass is 19.1. The lowest BCUT2D eigenvalue weighted by atomic mass is 10.0. The minimum Gasteiger partial charge on any atom is -0.383 e. The Balaban J connectivity index is 1.52. The lowest BCUT2D eigenvalue weighted by Crippen LogP contribution is -2.08. The molecule has 0 saturated heterocycles. The van der Waals surface area contributed by atoms with E-state index in [4.69, 9.17) is 4.99 Å². The highest BCUT2D eigenvalue weighted by molar-refractivity contribution is 6.04. The zero-order valence-corrected chi connectivity index (χ0v) is 15.6. The van der Waals surface area contributed by atoms with Crippen LogP contribution in [-0.2, 0) is 0 Å². The molecule has 0 spiro atoms. The van der Waals surface area contributed by atoms with Gasteiger partial charge in [-0.05, 0) is 41.5 Å². The molecule has 1 aromatic heterocycles. The monoisotopic (exact) mass is 383 g/mol. The minimum absolute atomic E-state index is 0.227. The summed E-state index contributed by atoms with van der Waals surface area (Å²) in [5.41, 5.74) is 6.17. The standard InChI is InChI=1S/C23H18FN5/c24-20-7-2-1-6-19(20)16-8-9-22-23(15-16)25-11-10-21(27-22)17-4-3-5-18(14-17)29-13-12-26-28-29/h1-9,12-15,25H,10-11H2. The van der Waals surface area contributed by atoms with Crippen molar-refractivity contribution in [2.45, 2.75) is 6.42 Å². The van der Waals surface area contributed by atoms with Gasteiger partial charge in [0.2, 0.25) is 0 Å². The maximum Gasteiger partial charge on any atom is 0.131 e. The van der Waals surface area contributed by atoms with E-state index in [2.05, 4.69) is 27.8 Å². The molecule has 2 heterocycles. The molecule has 3 aromatic carbocycles. The van der Waals surface area contributed by atoms with Crippen LogP contribution in [-0.4, -0.2) is 27.3 Å². The van der Waals surface area contributed by atoms with Crippen molar-refractivity contribution in [2.24, 2.45) is 4.99 Å². The molecule has 0 amide bonds. The molecule has 0 unspecified atom stereocenters. The summed E-state index contributed by atoms with van der Waals surface area (Å²) in [6, 6.07) is 20.7. The highest BCUT2D eigenvalue weighted by Crippen LogP contribution is 2.34. The second kappa shape index (κ2) is 7.31. The van der Waals surface area contributed by atoms with E-state index in [9.17, 15) is 4.39 Å². The number of anilines is 1. The summed E-state index contributed by atoms with van der Waals surface area (Å²) in [6.45, 7) is 0.750. The van der Waals surface area contributed by atoms with Gasteiger partial charge in [-0.1, -0.05) is 41.6 Å². The van der Waals surface area contributed by atoms with E-state index in [0.29, 0.717) is 5.56 Å². The molecule has 6 heteroatoms. The van der Waals surface area contributed by atoms with Crippen molar-refractivity contribution in [3.63, 3.8) is 0 Å². The predicted octanol–water partition coefficient (Wildman–Crippen LogP) is 5.01. The molecule has 1 aliphatic heterocycles. The molecule has 1 N–H and O–H groups in total. The van der Waals surface area contributed by atoms with Crippen LogP contribution in [0, 0.1) is 5.82 Å². The molecule has 142 valence electrons. The van der Waals surface area contributed by atoms with Gasteiger partial charge in [0, 0.05) is 18.5 Å². The molecule has 29 heavy (non-hydrogen) atoms. The molecule has 0 saturated carbocycles. The summed E-state index contributed by atoms with van der Waals surface area (Å²) in [4.78, 5) is 4.90. The Kier molecular flexibility index (Phi) is 4.37. The summed E-state index contributed by atoms with van der Waals surface area (Å²) >= 11 is 0. The molecule has 0 atom stereocenters. The lowest BCUT2D eigenvalue weighted by molar-refractivity contribution is 0.631. The van der Waals surface area contributed by atoms with Crippen LogP contribution in [0.2, 0.25) is 0 Å². The van der Waals surface area contributed by atoms with Crippen LogP contribution < -0.4 is 5.32 Å². The average molecular weight is 383 g/mol. The number of nitrogens with one attached hydrogen (secondary N) is 1. The van der Waals surface area contributed by atoms with Crippen LogP contribution in [0.15, 0.2) is 84.1 Å². The van der Waals surface area contributed by atoms with Gasteiger partial charge in [-0.3, -0.25) is 4.99 Å². The van der Waals surface area contributed by atoms with E-state index < -0.39 is 0 Å². The smallest absolute Gasteiger partial charge is 0.131 e. The molecule has 5 rings (SSSR count). The number of hydrogen-bond donors (Lipinski definition) is 1. The van der Waals surface area contributed by atoms with E-state index >= 15 is 0 Å². The molecular formula is C23H18FN5. The molecule has 0 radical (unpaired) electrons. The van der Waals surface area contributed by atoms with E-state index in [1.54, 1.807) is 23.0 Å². The van der Waals surface area contributed by atoms with Crippen molar-refractivity contribution < 1.29 is 4.39 Å². The van der Waals surface area contributed by atoms with Crippen LogP contribution in [0.3, 0.4) is 0 Å². The topological polar surface area (TPSA) is 55.1 Å². The minimum atomic E-state index is -0.227. The Morgan fingerprint density at radius 1 is 0.931 bits per heavy atom. The maximum absolute atomic E-state index is 14.2. The van der Waals surface area contributed by atoms with Crippen LogP contribution in [0.5, 0.6) is 0 Å². The first kappa shape index (κ1) is 17.3. The number of aromatic nitrogens is 3. The number of fused-ring (bicyclic) bond motifs is 1. The Labute approximate surface area is 167 Å². The molecule has 0 bridgehead atoms. The third-order valence-electron chi connectivity index (χ3n) is 4.98. The van der Waals surface area contributed by atoms with Gasteiger partial charge in [-0.2, -0.15) is 0 Å². The number of halogens is 1. The molecular weight excluding hydrogens is 365 g/mol. The van der Waals surface area contributed by atoms with E-state index in [-0.39, 0.29) is 5.82 Å². The fraction of sp³-hybridized carbons (Fsp3) is 0.0870. The third-order valence-corrected chi connectivity index (χ3v) is 4.98. The summed E-state index contributed by atoms with van der Waals surface area (Å²) in [5.74, 6) is -0.227. The molecule has 5 nitrogen and oxygen atoms in total. The fourth-order valence-corrected chi connectivity index (χ4v) is 3.54. The lowest BCUT2D eigenvalue weighted by Gasteiger charge is -2.09. The highest BCUT2D eigenvalue weighted by Gasteiger charge is 2.14. The Morgan fingerprint density at radius 2 is 1.86 bits per heavy atom. The molecule has 1 aliphatic rings. The van der Waals surface area contributed by atoms with Crippen LogP contribution in [0.4, 0.5) is 15.8 Å². The largest absolute Gasteiger partial charge is 0.383 e. The van der Waals surface area contributed by atoms with Gasteiger partial charge in [0.05, 0.1) is 35.2 Å².